The van der Waals surface area contributed by atoms with Crippen LogP contribution in [-0.4, -0.2) is 67.2 Å². The lowest BCUT2D eigenvalue weighted by Gasteiger charge is -2.49. The fraction of sp³-hybridized carbons (Fsp3) is 0.875. The summed E-state index contributed by atoms with van der Waals surface area (Å²) in [5, 5.41) is 10.6. The lowest BCUT2D eigenvalue weighted by Crippen LogP contribution is -2.57. The van der Waals surface area contributed by atoms with Gasteiger partial charge in [0.05, 0.1) is 17.8 Å². The van der Waals surface area contributed by atoms with Crippen molar-refractivity contribution >= 4 is 25.0 Å². The molecule has 326 valence electrons. The maximum atomic E-state index is 10.3. The Balaban J connectivity index is 1.98. The zero-order valence-corrected chi connectivity index (χ0v) is 43.4. The van der Waals surface area contributed by atoms with Crippen molar-refractivity contribution in [2.24, 2.45) is 23.2 Å². The van der Waals surface area contributed by atoms with Crippen molar-refractivity contribution in [2.45, 2.75) is 233 Å². The topological polar surface area (TPSA) is 57.2 Å². The molecular weight excluding hydrogens is 741 g/mol. The molecule has 56 heavy (non-hydrogen) atoms. The van der Waals surface area contributed by atoms with E-state index >= 15 is 0 Å². The molecule has 0 aliphatic heterocycles. The van der Waals surface area contributed by atoms with E-state index in [0.717, 1.165) is 37.2 Å². The maximum Gasteiger partial charge on any atom is 0.193 e. The summed E-state index contributed by atoms with van der Waals surface area (Å²) in [6.07, 6.45) is 15.5. The third-order valence-corrected chi connectivity index (χ3v) is 29.4. The average molecular weight is 834 g/mol. The number of rotatable bonds is 16. The Morgan fingerprint density at radius 2 is 1.38 bits per heavy atom. The molecule has 0 saturated heterocycles. The zero-order valence-electron chi connectivity index (χ0n) is 40.4. The van der Waals surface area contributed by atoms with Crippen molar-refractivity contribution < 1.29 is 23.1 Å². The molecule has 3 fully saturated rings. The molecule has 0 aromatic heterocycles. The van der Waals surface area contributed by atoms with Gasteiger partial charge in [0.15, 0.2) is 25.0 Å². The largest absolute Gasteiger partial charge is 0.417 e. The molecule has 0 amide bonds. The van der Waals surface area contributed by atoms with Gasteiger partial charge in [0, 0.05) is 19.6 Å². The quantitative estimate of drug-likeness (QED) is 0.124. The summed E-state index contributed by atoms with van der Waals surface area (Å²) in [5.41, 5.74) is 3.75. The van der Waals surface area contributed by atoms with Crippen LogP contribution in [0.4, 0.5) is 0 Å². The first kappa shape index (κ1) is 50.0. The summed E-state index contributed by atoms with van der Waals surface area (Å²) in [7, 11) is -6.21. The normalized spacial score (nSPS) is 29.6. The minimum Gasteiger partial charge on any atom is -0.417 e. The van der Waals surface area contributed by atoms with E-state index in [4.69, 9.17) is 24.6 Å². The molecule has 8 heteroatoms. The predicted octanol–water partition coefficient (Wildman–Crippen LogP) is 14.2. The monoisotopic (exact) mass is 833 g/mol. The molecule has 0 aromatic carbocycles. The first-order chi connectivity index (χ1) is 25.2. The van der Waals surface area contributed by atoms with Crippen LogP contribution >= 0.6 is 0 Å². The van der Waals surface area contributed by atoms with Crippen LogP contribution in [0.15, 0.2) is 35.5 Å². The van der Waals surface area contributed by atoms with Gasteiger partial charge in [-0.25, -0.2) is 0 Å². The highest BCUT2D eigenvalue weighted by Crippen LogP contribution is 2.60. The van der Waals surface area contributed by atoms with Gasteiger partial charge < -0.3 is 23.1 Å². The Bertz CT molecular complexity index is 1370. The molecule has 3 saturated carbocycles. The molecule has 0 aromatic rings. The second kappa shape index (κ2) is 18.3. The van der Waals surface area contributed by atoms with E-state index in [-0.39, 0.29) is 33.4 Å². The summed E-state index contributed by atoms with van der Waals surface area (Å²) in [6, 6.07) is 0. The van der Waals surface area contributed by atoms with E-state index in [9.17, 15) is 5.11 Å². The van der Waals surface area contributed by atoms with Gasteiger partial charge in [-0.1, -0.05) is 113 Å². The van der Waals surface area contributed by atoms with Gasteiger partial charge in [-0.3, -0.25) is 0 Å². The lowest BCUT2D eigenvalue weighted by molar-refractivity contribution is -0.0879. The minimum atomic E-state index is -2.21. The Kier molecular flexibility index (Phi) is 16.4. The third kappa shape index (κ3) is 12.4. The molecule has 1 N–H and O–H groups in total. The summed E-state index contributed by atoms with van der Waals surface area (Å²) in [5.74, 6) is 2.06. The summed E-state index contributed by atoms with van der Waals surface area (Å²) in [4.78, 5) is 0. The number of aliphatic hydroxyl groups is 1. The Hall–Kier alpha value is -0.329. The van der Waals surface area contributed by atoms with Crippen LogP contribution in [0.25, 0.3) is 0 Å². The first-order valence-corrected chi connectivity index (χ1v) is 31.4. The molecule has 3 aliphatic rings. The van der Waals surface area contributed by atoms with Gasteiger partial charge in [0.2, 0.25) is 0 Å². The summed E-state index contributed by atoms with van der Waals surface area (Å²) < 4.78 is 28.4. The van der Waals surface area contributed by atoms with Crippen molar-refractivity contribution in [1.29, 1.82) is 0 Å². The van der Waals surface area contributed by atoms with Gasteiger partial charge >= 0.3 is 0 Å². The van der Waals surface area contributed by atoms with Gasteiger partial charge in [-0.15, -0.1) is 0 Å². The van der Waals surface area contributed by atoms with Crippen LogP contribution < -0.4 is 0 Å². The number of fused-ring (bicyclic) bond motifs is 1. The van der Waals surface area contributed by atoms with Crippen LogP contribution in [0, 0.1) is 23.2 Å². The van der Waals surface area contributed by atoms with E-state index in [0.29, 0.717) is 30.5 Å². The smallest absolute Gasteiger partial charge is 0.193 e. The van der Waals surface area contributed by atoms with Crippen LogP contribution in [0.2, 0.25) is 54.4 Å². The second-order valence-electron chi connectivity index (χ2n) is 24.0. The number of hydrogen-bond acceptors (Lipinski definition) is 5. The highest BCUT2D eigenvalue weighted by Gasteiger charge is 2.52. The van der Waals surface area contributed by atoms with Crippen molar-refractivity contribution in [2.75, 3.05) is 13.2 Å². The van der Waals surface area contributed by atoms with E-state index < -0.39 is 30.6 Å². The van der Waals surface area contributed by atoms with E-state index in [1.807, 2.05) is 13.8 Å². The molecule has 0 bridgehead atoms. The summed E-state index contributed by atoms with van der Waals surface area (Å²) in [6.45, 7) is 50.2. The van der Waals surface area contributed by atoms with Gasteiger partial charge in [0.1, 0.15) is 6.10 Å². The lowest BCUT2D eigenvalue weighted by atomic mass is 9.60. The Morgan fingerprint density at radius 3 is 1.93 bits per heavy atom. The SMILES string of the molecule is C=C1/C(=C\C=C2/CCC[C@@]3(C)C2CC[C@@H]3[C@H](C)CCCC(C)(C)O)CC(O[Si](C)(C)C(C)(C)C)[C@@H](OCCCO[Si](C)(C)C(C)(C)C)C1O[Si](C)(C)C(C)(C)C. The molecule has 0 spiro atoms. The highest BCUT2D eigenvalue weighted by molar-refractivity contribution is 6.75. The predicted molar refractivity (Wildman–Crippen MR) is 249 cm³/mol. The van der Waals surface area contributed by atoms with Crippen LogP contribution in [0.1, 0.15) is 154 Å². The van der Waals surface area contributed by atoms with Crippen molar-refractivity contribution in [3.63, 3.8) is 0 Å². The van der Waals surface area contributed by atoms with E-state index in [1.54, 1.807) is 5.57 Å². The molecule has 7 atom stereocenters. The average Bonchev–Trinajstić information content (AvgIpc) is 3.37. The zero-order chi connectivity index (χ0) is 42.9. The maximum absolute atomic E-state index is 10.3. The van der Waals surface area contributed by atoms with Crippen molar-refractivity contribution in [3.8, 4) is 0 Å². The van der Waals surface area contributed by atoms with Crippen LogP contribution in [0.5, 0.6) is 0 Å². The van der Waals surface area contributed by atoms with Gasteiger partial charge in [-0.2, -0.15) is 0 Å². The molecule has 0 radical (unpaired) electrons. The fourth-order valence-electron chi connectivity index (χ4n) is 9.01. The van der Waals surface area contributed by atoms with Crippen molar-refractivity contribution in [1.82, 2.24) is 0 Å². The molecule has 5 nitrogen and oxygen atoms in total. The van der Waals surface area contributed by atoms with E-state index in [1.165, 1.54) is 44.1 Å². The standard InChI is InChI=1S/C48H92O5Si3/c1-35(24-21-30-47(12,13)49)39-28-29-40-37(25-22-31-48(39,40)14)26-27-38-34-41(52-55(17,18)45(6,7)8)43(42(36(38)2)53-56(19,20)46(9,10)11)50-32-23-33-51-54(15,16)44(3,4)5/h26-27,35,39-43,49H,2,21-25,28-34H2,1,3-20H3/b37-26+,38-27-/t35-,39-,40?,41?,42?,43-,48-/m1/s1. The number of allylic oxidation sites excluding steroid dienone is 3. The first-order valence-electron chi connectivity index (χ1n) is 22.7. The molecule has 3 aliphatic carbocycles. The third-order valence-electron chi connectivity index (χ3n) is 15.9. The molecule has 3 rings (SSSR count). The molecule has 3 unspecified atom stereocenters. The molecule has 0 heterocycles. The van der Waals surface area contributed by atoms with Crippen LogP contribution in [-0.2, 0) is 18.0 Å². The Labute approximate surface area is 351 Å². The summed E-state index contributed by atoms with van der Waals surface area (Å²) >= 11 is 0. The molecular formula is C48H92O5Si3. The van der Waals surface area contributed by atoms with Crippen molar-refractivity contribution in [3.05, 3.63) is 35.5 Å². The van der Waals surface area contributed by atoms with Gasteiger partial charge in [0.25, 0.3) is 0 Å². The number of hydrogen-bond donors (Lipinski definition) is 1. The van der Waals surface area contributed by atoms with E-state index in [2.05, 4.69) is 128 Å². The highest BCUT2D eigenvalue weighted by atomic mass is 28.4. The minimum absolute atomic E-state index is 0.0466. The fourth-order valence-corrected chi connectivity index (χ4v) is 12.7. The second-order valence-corrected chi connectivity index (χ2v) is 38.3. The Morgan fingerprint density at radius 1 is 0.804 bits per heavy atom. The number of ether oxygens (including phenoxy) is 1. The van der Waals surface area contributed by atoms with Crippen LogP contribution in [0.3, 0.4) is 0 Å². The van der Waals surface area contributed by atoms with Gasteiger partial charge in [-0.05, 0) is 148 Å².